The summed E-state index contributed by atoms with van der Waals surface area (Å²) in [5, 5.41) is 19.8. The van der Waals surface area contributed by atoms with Gasteiger partial charge in [0, 0.05) is 12.1 Å². The van der Waals surface area contributed by atoms with Crippen LogP contribution in [0.4, 0.5) is 0 Å². The van der Waals surface area contributed by atoms with Crippen molar-refractivity contribution in [2.24, 2.45) is 5.92 Å². The second-order valence-corrected chi connectivity index (χ2v) is 8.77. The first-order chi connectivity index (χ1) is 15.8. The maximum absolute atomic E-state index is 10.2. The molecule has 0 saturated heterocycles. The second kappa shape index (κ2) is 12.5. The van der Waals surface area contributed by atoms with Crippen LogP contribution in [-0.4, -0.2) is 51.5 Å². The fourth-order valence-corrected chi connectivity index (χ4v) is 4.26. The normalized spacial score (nSPS) is 13.0. The number of hydrogen-bond donors (Lipinski definition) is 1. The summed E-state index contributed by atoms with van der Waals surface area (Å²) in [6, 6.07) is 14.4. The number of aliphatic hydroxyl groups excluding tert-OH is 1. The summed E-state index contributed by atoms with van der Waals surface area (Å²) in [4.78, 5) is 2.30. The van der Waals surface area contributed by atoms with Crippen molar-refractivity contribution in [2.45, 2.75) is 45.1 Å². The van der Waals surface area contributed by atoms with Crippen LogP contribution in [-0.2, 0) is 18.4 Å². The van der Waals surface area contributed by atoms with Crippen LogP contribution in [0.1, 0.15) is 43.4 Å². The molecule has 180 valence electrons. The SMILES string of the molecule is COc1cc(C(C#N)(CCCN(C)CCc2ccc(OC)c(OC)c2)C(C)C)ccc1CO. The van der Waals surface area contributed by atoms with E-state index in [1.807, 2.05) is 30.3 Å². The number of aliphatic hydroxyl groups is 1. The number of nitrogens with zero attached hydrogens (tertiary/aromatic N) is 2. The maximum Gasteiger partial charge on any atom is 0.160 e. The Morgan fingerprint density at radius 2 is 1.67 bits per heavy atom. The molecule has 0 aliphatic heterocycles. The first kappa shape index (κ1) is 26.5. The van der Waals surface area contributed by atoms with Gasteiger partial charge in [-0.1, -0.05) is 32.0 Å². The summed E-state index contributed by atoms with van der Waals surface area (Å²) >= 11 is 0. The van der Waals surface area contributed by atoms with E-state index in [-0.39, 0.29) is 12.5 Å². The fourth-order valence-electron chi connectivity index (χ4n) is 4.26. The molecule has 0 bridgehead atoms. The topological polar surface area (TPSA) is 75.0 Å². The lowest BCUT2D eigenvalue weighted by molar-refractivity contribution is 0.272. The van der Waals surface area contributed by atoms with Gasteiger partial charge in [-0.15, -0.1) is 0 Å². The molecule has 0 heterocycles. The summed E-state index contributed by atoms with van der Waals surface area (Å²) in [6.07, 6.45) is 2.56. The van der Waals surface area contributed by atoms with E-state index in [9.17, 15) is 10.4 Å². The van der Waals surface area contributed by atoms with Crippen molar-refractivity contribution in [3.05, 3.63) is 53.1 Å². The minimum Gasteiger partial charge on any atom is -0.496 e. The lowest BCUT2D eigenvalue weighted by Crippen LogP contribution is -2.32. The molecular formula is C27H38N2O4. The fraction of sp³-hybridized carbons (Fsp3) is 0.519. The molecule has 1 unspecified atom stereocenters. The molecule has 0 aromatic heterocycles. The van der Waals surface area contributed by atoms with Crippen molar-refractivity contribution in [1.29, 1.82) is 5.26 Å². The van der Waals surface area contributed by atoms with Crippen molar-refractivity contribution in [2.75, 3.05) is 41.5 Å². The van der Waals surface area contributed by atoms with Gasteiger partial charge in [-0.25, -0.2) is 0 Å². The lowest BCUT2D eigenvalue weighted by Gasteiger charge is -2.32. The van der Waals surface area contributed by atoms with Crippen molar-refractivity contribution in [3.8, 4) is 23.3 Å². The van der Waals surface area contributed by atoms with Crippen LogP contribution in [0.25, 0.3) is 0 Å². The Labute approximate surface area is 198 Å². The minimum absolute atomic E-state index is 0.0877. The molecule has 1 atom stereocenters. The van der Waals surface area contributed by atoms with Crippen LogP contribution >= 0.6 is 0 Å². The highest BCUT2D eigenvalue weighted by atomic mass is 16.5. The molecule has 6 nitrogen and oxygen atoms in total. The van der Waals surface area contributed by atoms with Crippen molar-refractivity contribution >= 4 is 0 Å². The van der Waals surface area contributed by atoms with Gasteiger partial charge in [-0.3, -0.25) is 0 Å². The van der Waals surface area contributed by atoms with Gasteiger partial charge < -0.3 is 24.2 Å². The molecule has 0 amide bonds. The third-order valence-corrected chi connectivity index (χ3v) is 6.50. The predicted molar refractivity (Wildman–Crippen MR) is 131 cm³/mol. The predicted octanol–water partition coefficient (Wildman–Crippen LogP) is 4.58. The Hall–Kier alpha value is -2.75. The van der Waals surface area contributed by atoms with Gasteiger partial charge in [-0.05, 0) is 68.1 Å². The van der Waals surface area contributed by atoms with Crippen molar-refractivity contribution < 1.29 is 19.3 Å². The van der Waals surface area contributed by atoms with Crippen molar-refractivity contribution in [3.63, 3.8) is 0 Å². The van der Waals surface area contributed by atoms with E-state index in [1.165, 1.54) is 5.56 Å². The Balaban J connectivity index is 2.02. The molecule has 0 aliphatic rings. The standard InChI is InChI=1S/C27H38N2O4/c1-20(2)27(19-28,23-10-9-22(18-30)25(17-23)32-5)13-7-14-29(3)15-12-21-8-11-24(31-4)26(16-21)33-6/h8-11,16-17,20,30H,7,12-15,18H2,1-6H3. The molecule has 6 heteroatoms. The van der Waals surface area contributed by atoms with Crippen LogP contribution in [0.2, 0.25) is 0 Å². The van der Waals surface area contributed by atoms with Gasteiger partial charge in [-0.2, -0.15) is 5.26 Å². The molecule has 0 radical (unpaired) electrons. The van der Waals surface area contributed by atoms with Gasteiger partial charge in [0.1, 0.15) is 5.75 Å². The second-order valence-electron chi connectivity index (χ2n) is 8.77. The monoisotopic (exact) mass is 454 g/mol. The van der Waals surface area contributed by atoms with Crippen molar-refractivity contribution in [1.82, 2.24) is 4.90 Å². The highest BCUT2D eigenvalue weighted by Gasteiger charge is 2.36. The Kier molecular flexibility index (Phi) is 10.0. The first-order valence-electron chi connectivity index (χ1n) is 11.4. The van der Waals surface area contributed by atoms with Gasteiger partial charge in [0.05, 0.1) is 39.4 Å². The Morgan fingerprint density at radius 1 is 0.970 bits per heavy atom. The minimum atomic E-state index is -0.606. The molecular weight excluding hydrogens is 416 g/mol. The van der Waals surface area contributed by atoms with Crippen LogP contribution in [0.3, 0.4) is 0 Å². The quantitative estimate of drug-likeness (QED) is 0.478. The third kappa shape index (κ3) is 6.40. The summed E-state index contributed by atoms with van der Waals surface area (Å²) in [6.45, 7) is 5.91. The molecule has 0 aliphatic carbocycles. The smallest absolute Gasteiger partial charge is 0.160 e. The molecule has 2 aromatic rings. The van der Waals surface area contributed by atoms with Gasteiger partial charge in [0.2, 0.25) is 0 Å². The van der Waals surface area contributed by atoms with E-state index in [4.69, 9.17) is 14.2 Å². The Morgan fingerprint density at radius 3 is 2.24 bits per heavy atom. The molecule has 0 fully saturated rings. The van der Waals surface area contributed by atoms with E-state index in [1.54, 1.807) is 21.3 Å². The van der Waals surface area contributed by atoms with Gasteiger partial charge in [0.25, 0.3) is 0 Å². The van der Waals surface area contributed by atoms with Crippen LogP contribution in [0.15, 0.2) is 36.4 Å². The number of benzene rings is 2. The zero-order chi connectivity index (χ0) is 24.4. The van der Waals surface area contributed by atoms with Gasteiger partial charge in [0.15, 0.2) is 11.5 Å². The van der Waals surface area contributed by atoms with Gasteiger partial charge >= 0.3 is 0 Å². The largest absolute Gasteiger partial charge is 0.496 e. The molecule has 0 spiro atoms. The number of likely N-dealkylation sites (N-methyl/N-ethyl adjacent to an activating group) is 1. The summed E-state index contributed by atoms with van der Waals surface area (Å²) in [5.41, 5.74) is 2.27. The molecule has 2 rings (SSSR count). The molecule has 0 saturated carbocycles. The van der Waals surface area contributed by atoms with E-state index < -0.39 is 5.41 Å². The number of methoxy groups -OCH3 is 3. The zero-order valence-corrected chi connectivity index (χ0v) is 20.9. The van der Waals surface area contributed by atoms with Crippen LogP contribution < -0.4 is 14.2 Å². The highest BCUT2D eigenvalue weighted by Crippen LogP contribution is 2.39. The number of rotatable bonds is 13. The number of nitriles is 1. The van der Waals surface area contributed by atoms with E-state index >= 15 is 0 Å². The summed E-state index contributed by atoms with van der Waals surface area (Å²) < 4.78 is 16.2. The highest BCUT2D eigenvalue weighted by molar-refractivity contribution is 5.44. The lowest BCUT2D eigenvalue weighted by atomic mass is 9.69. The molecule has 1 N–H and O–H groups in total. The van der Waals surface area contributed by atoms with E-state index in [0.717, 1.165) is 55.0 Å². The zero-order valence-electron chi connectivity index (χ0n) is 20.9. The average molecular weight is 455 g/mol. The van der Waals surface area contributed by atoms with E-state index in [2.05, 4.69) is 37.9 Å². The van der Waals surface area contributed by atoms with E-state index in [0.29, 0.717) is 5.75 Å². The van der Waals surface area contributed by atoms with Crippen LogP contribution in [0.5, 0.6) is 17.2 Å². The number of ether oxygens (including phenoxy) is 3. The summed E-state index contributed by atoms with van der Waals surface area (Å²) in [5.74, 6) is 2.25. The third-order valence-electron chi connectivity index (χ3n) is 6.50. The first-order valence-corrected chi connectivity index (χ1v) is 11.4. The van der Waals surface area contributed by atoms with Crippen LogP contribution in [0, 0.1) is 17.2 Å². The number of hydrogen-bond acceptors (Lipinski definition) is 6. The molecule has 33 heavy (non-hydrogen) atoms. The average Bonchev–Trinajstić information content (AvgIpc) is 2.84. The molecule has 2 aromatic carbocycles. The summed E-state index contributed by atoms with van der Waals surface area (Å²) in [7, 11) is 7.00. The maximum atomic E-state index is 10.2. The Bertz CT molecular complexity index is 938.